The summed E-state index contributed by atoms with van der Waals surface area (Å²) in [6, 6.07) is 2.03. The van der Waals surface area contributed by atoms with Crippen LogP contribution in [-0.2, 0) is 4.74 Å². The first-order valence-electron chi connectivity index (χ1n) is 5.15. The largest absolute Gasteiger partial charge is 0.353 e. The van der Waals surface area contributed by atoms with Crippen molar-refractivity contribution < 1.29 is 4.74 Å². The molecule has 0 heterocycles. The van der Waals surface area contributed by atoms with E-state index in [0.717, 1.165) is 12.8 Å². The molecule has 0 amide bonds. The Balaban J connectivity index is 3.76. The summed E-state index contributed by atoms with van der Waals surface area (Å²) in [6.07, 6.45) is 5.71. The van der Waals surface area contributed by atoms with Gasteiger partial charge in [0, 0.05) is 13.5 Å². The highest BCUT2D eigenvalue weighted by molar-refractivity contribution is 5.22. The van der Waals surface area contributed by atoms with Crippen LogP contribution in [0.3, 0.4) is 0 Å². The highest BCUT2D eigenvalue weighted by atomic mass is 16.5. The Hall–Kier alpha value is -0.990. The van der Waals surface area contributed by atoms with E-state index in [0.29, 0.717) is 0 Å². The summed E-state index contributed by atoms with van der Waals surface area (Å²) in [4.78, 5) is 0. The minimum atomic E-state index is -0.926. The molecule has 0 aromatic carbocycles. The molecular formula is C12H19NO. The van der Waals surface area contributed by atoms with Gasteiger partial charge in [-0.05, 0) is 13.3 Å². The molecule has 0 aliphatic rings. The van der Waals surface area contributed by atoms with Crippen LogP contribution in [0.1, 0.15) is 46.0 Å². The van der Waals surface area contributed by atoms with E-state index in [1.54, 1.807) is 6.92 Å². The van der Waals surface area contributed by atoms with Crippen LogP contribution in [0, 0.1) is 23.2 Å². The summed E-state index contributed by atoms with van der Waals surface area (Å²) in [6.45, 7) is 3.87. The molecule has 2 nitrogen and oxygen atoms in total. The van der Waals surface area contributed by atoms with Gasteiger partial charge in [-0.2, -0.15) is 5.26 Å². The summed E-state index contributed by atoms with van der Waals surface area (Å²) in [5.41, 5.74) is -0.926. The molecule has 0 bridgehead atoms. The Morgan fingerprint density at radius 1 is 1.29 bits per heavy atom. The number of hydrogen-bond acceptors (Lipinski definition) is 2. The molecule has 0 aliphatic heterocycles. The van der Waals surface area contributed by atoms with Crippen molar-refractivity contribution >= 4 is 0 Å². The normalized spacial score (nSPS) is 13.6. The second kappa shape index (κ2) is 7.42. The molecular weight excluding hydrogens is 174 g/mol. The van der Waals surface area contributed by atoms with Gasteiger partial charge in [0.1, 0.15) is 6.07 Å². The number of methoxy groups -OCH3 is 1. The molecule has 0 rings (SSSR count). The fraction of sp³-hybridized carbons (Fsp3) is 0.750. The monoisotopic (exact) mass is 193 g/mol. The fourth-order valence-corrected chi connectivity index (χ4v) is 0.996. The zero-order valence-corrected chi connectivity index (χ0v) is 9.39. The fourth-order valence-electron chi connectivity index (χ4n) is 0.996. The Bertz CT molecular complexity index is 243. The standard InChI is InChI=1S/C12H19NO/c1-4-5-6-7-8-9-10-12(2,11-13)14-3/h4-8H2,1-3H3. The number of hydrogen-bond donors (Lipinski definition) is 0. The lowest BCUT2D eigenvalue weighted by atomic mass is 10.1. The van der Waals surface area contributed by atoms with Crippen molar-refractivity contribution in [1.82, 2.24) is 0 Å². The highest BCUT2D eigenvalue weighted by Crippen LogP contribution is 2.06. The molecule has 0 fully saturated rings. The van der Waals surface area contributed by atoms with E-state index in [9.17, 15) is 0 Å². The first-order chi connectivity index (χ1) is 6.68. The van der Waals surface area contributed by atoms with Crippen LogP contribution in [0.2, 0.25) is 0 Å². The zero-order chi connectivity index (χ0) is 10.9. The van der Waals surface area contributed by atoms with E-state index >= 15 is 0 Å². The lowest BCUT2D eigenvalue weighted by Crippen LogP contribution is -2.21. The van der Waals surface area contributed by atoms with Crippen LogP contribution in [0.25, 0.3) is 0 Å². The van der Waals surface area contributed by atoms with Crippen molar-refractivity contribution in [1.29, 1.82) is 5.26 Å². The molecule has 0 aromatic heterocycles. The lowest BCUT2D eigenvalue weighted by Gasteiger charge is -2.10. The van der Waals surface area contributed by atoms with Gasteiger partial charge < -0.3 is 4.74 Å². The van der Waals surface area contributed by atoms with Crippen LogP contribution in [0.5, 0.6) is 0 Å². The topological polar surface area (TPSA) is 33.0 Å². The SMILES string of the molecule is CCCCCCC#CC(C)(C#N)OC. The molecule has 0 aliphatic carbocycles. The molecule has 0 aromatic rings. The maximum atomic E-state index is 8.75. The van der Waals surface area contributed by atoms with Crippen LogP contribution in [0.15, 0.2) is 0 Å². The Kier molecular flexibility index (Phi) is 6.89. The first-order valence-corrected chi connectivity index (χ1v) is 5.15. The molecule has 0 saturated carbocycles. The van der Waals surface area contributed by atoms with E-state index in [1.807, 2.05) is 6.07 Å². The quantitative estimate of drug-likeness (QED) is 0.497. The van der Waals surface area contributed by atoms with Crippen LogP contribution < -0.4 is 0 Å². The predicted octanol–water partition coefficient (Wildman–Crippen LogP) is 2.89. The molecule has 1 atom stereocenters. The summed E-state index contributed by atoms with van der Waals surface area (Å²) < 4.78 is 4.98. The van der Waals surface area contributed by atoms with Gasteiger partial charge in [0.15, 0.2) is 0 Å². The Labute approximate surface area is 87.3 Å². The Morgan fingerprint density at radius 3 is 2.50 bits per heavy atom. The molecule has 0 spiro atoms. The molecule has 0 N–H and O–H groups in total. The molecule has 78 valence electrons. The molecule has 2 heteroatoms. The van der Waals surface area contributed by atoms with Crippen LogP contribution in [-0.4, -0.2) is 12.7 Å². The molecule has 1 unspecified atom stereocenters. The van der Waals surface area contributed by atoms with Gasteiger partial charge in [-0.3, -0.25) is 0 Å². The number of ether oxygens (including phenoxy) is 1. The number of unbranched alkanes of at least 4 members (excludes halogenated alkanes) is 4. The maximum absolute atomic E-state index is 8.75. The van der Waals surface area contributed by atoms with Crippen molar-refractivity contribution in [3.05, 3.63) is 0 Å². The van der Waals surface area contributed by atoms with E-state index in [2.05, 4.69) is 18.8 Å². The highest BCUT2D eigenvalue weighted by Gasteiger charge is 2.18. The third-order valence-corrected chi connectivity index (χ3v) is 2.10. The van der Waals surface area contributed by atoms with Gasteiger partial charge >= 0.3 is 0 Å². The molecule has 0 radical (unpaired) electrons. The zero-order valence-electron chi connectivity index (χ0n) is 9.39. The third kappa shape index (κ3) is 5.62. The lowest BCUT2D eigenvalue weighted by molar-refractivity contribution is 0.105. The van der Waals surface area contributed by atoms with Gasteiger partial charge in [-0.25, -0.2) is 0 Å². The van der Waals surface area contributed by atoms with Gasteiger partial charge in [0.05, 0.1) is 0 Å². The number of nitriles is 1. The van der Waals surface area contributed by atoms with E-state index in [-0.39, 0.29) is 0 Å². The maximum Gasteiger partial charge on any atom is 0.212 e. The molecule has 0 saturated heterocycles. The van der Waals surface area contributed by atoms with Gasteiger partial charge in [-0.1, -0.05) is 38.0 Å². The van der Waals surface area contributed by atoms with Crippen molar-refractivity contribution in [3.8, 4) is 17.9 Å². The van der Waals surface area contributed by atoms with Crippen LogP contribution in [0.4, 0.5) is 0 Å². The van der Waals surface area contributed by atoms with E-state index in [4.69, 9.17) is 10.00 Å². The average Bonchev–Trinajstić information content (AvgIpc) is 2.23. The second-order valence-corrected chi connectivity index (χ2v) is 3.46. The number of rotatable bonds is 5. The van der Waals surface area contributed by atoms with Crippen molar-refractivity contribution in [2.45, 2.75) is 51.6 Å². The predicted molar refractivity (Wildman–Crippen MR) is 57.6 cm³/mol. The minimum absolute atomic E-state index is 0.862. The van der Waals surface area contributed by atoms with Gasteiger partial charge in [0.25, 0.3) is 0 Å². The van der Waals surface area contributed by atoms with Crippen molar-refractivity contribution in [3.63, 3.8) is 0 Å². The Morgan fingerprint density at radius 2 is 2.00 bits per heavy atom. The minimum Gasteiger partial charge on any atom is -0.353 e. The van der Waals surface area contributed by atoms with Crippen LogP contribution >= 0.6 is 0 Å². The van der Waals surface area contributed by atoms with Crippen molar-refractivity contribution in [2.24, 2.45) is 0 Å². The summed E-state index contributed by atoms with van der Waals surface area (Å²) in [5.74, 6) is 5.83. The third-order valence-electron chi connectivity index (χ3n) is 2.10. The van der Waals surface area contributed by atoms with Crippen molar-refractivity contribution in [2.75, 3.05) is 7.11 Å². The van der Waals surface area contributed by atoms with Gasteiger partial charge in [0.2, 0.25) is 5.60 Å². The van der Waals surface area contributed by atoms with E-state index < -0.39 is 5.60 Å². The second-order valence-electron chi connectivity index (χ2n) is 3.46. The average molecular weight is 193 g/mol. The summed E-state index contributed by atoms with van der Waals surface area (Å²) >= 11 is 0. The van der Waals surface area contributed by atoms with E-state index in [1.165, 1.54) is 26.4 Å². The summed E-state index contributed by atoms with van der Waals surface area (Å²) in [5, 5.41) is 8.75. The summed E-state index contributed by atoms with van der Waals surface area (Å²) in [7, 11) is 1.51. The van der Waals surface area contributed by atoms with Gasteiger partial charge in [-0.15, -0.1) is 0 Å². The number of nitrogens with zero attached hydrogens (tertiary/aromatic N) is 1. The molecule has 14 heavy (non-hydrogen) atoms. The first kappa shape index (κ1) is 13.0. The smallest absolute Gasteiger partial charge is 0.212 e.